The van der Waals surface area contributed by atoms with Crippen LogP contribution in [-0.2, 0) is 22.0 Å². The van der Waals surface area contributed by atoms with Crippen molar-refractivity contribution >= 4 is 40.5 Å². The van der Waals surface area contributed by atoms with Crippen LogP contribution in [0.1, 0.15) is 44.2 Å². The summed E-state index contributed by atoms with van der Waals surface area (Å²) in [6, 6.07) is 15.9. The summed E-state index contributed by atoms with van der Waals surface area (Å²) in [6.07, 6.45) is 4.94. The van der Waals surface area contributed by atoms with Gasteiger partial charge in [-0.1, -0.05) is 30.3 Å². The minimum Gasteiger partial charge on any atom is -0.491 e. The van der Waals surface area contributed by atoms with Gasteiger partial charge in [0, 0.05) is 13.6 Å². The lowest BCUT2D eigenvalue weighted by Crippen LogP contribution is -2.54. The van der Waals surface area contributed by atoms with E-state index in [1.54, 1.807) is 13.1 Å². The number of hydrogen-bond acceptors (Lipinski definition) is 5. The summed E-state index contributed by atoms with van der Waals surface area (Å²) < 4.78 is 31.6. The molecule has 0 spiro atoms. The normalized spacial score (nSPS) is 19.1. The van der Waals surface area contributed by atoms with Crippen LogP contribution in [0.15, 0.2) is 48.5 Å². The van der Waals surface area contributed by atoms with Crippen LogP contribution in [-0.4, -0.2) is 39.4 Å². The van der Waals surface area contributed by atoms with Crippen molar-refractivity contribution in [2.24, 2.45) is 5.84 Å². The number of anilines is 1. The van der Waals surface area contributed by atoms with Gasteiger partial charge in [0.25, 0.3) is 0 Å². The second-order valence-corrected chi connectivity index (χ2v) is 10.4. The molecule has 0 radical (unpaired) electrons. The van der Waals surface area contributed by atoms with Crippen LogP contribution in [0.5, 0.6) is 5.75 Å². The summed E-state index contributed by atoms with van der Waals surface area (Å²) >= 11 is 0. The second kappa shape index (κ2) is 11.6. The average Bonchev–Trinajstić information content (AvgIpc) is 2.70. The molecule has 0 aliphatic carbocycles. The Morgan fingerprint density at radius 1 is 1.12 bits per heavy atom. The number of sulfonamides is 1. The summed E-state index contributed by atoms with van der Waals surface area (Å²) in [7, 11) is -1.79. The summed E-state index contributed by atoms with van der Waals surface area (Å²) in [5, 5.41) is 1.96. The molecule has 0 amide bonds. The van der Waals surface area contributed by atoms with E-state index in [1.807, 2.05) is 49.2 Å². The van der Waals surface area contributed by atoms with Crippen molar-refractivity contribution in [1.29, 1.82) is 0 Å². The zero-order valence-electron chi connectivity index (χ0n) is 19.2. The van der Waals surface area contributed by atoms with Crippen molar-refractivity contribution in [3.05, 3.63) is 59.7 Å². The van der Waals surface area contributed by atoms with Gasteiger partial charge in [0.05, 0.1) is 23.6 Å². The lowest BCUT2D eigenvalue weighted by atomic mass is 9.77. The van der Waals surface area contributed by atoms with E-state index < -0.39 is 10.0 Å². The Bertz CT molecular complexity index is 974. The van der Waals surface area contributed by atoms with E-state index in [0.29, 0.717) is 12.1 Å². The van der Waals surface area contributed by atoms with Crippen LogP contribution in [0.3, 0.4) is 0 Å². The number of rotatable bonds is 7. The molecule has 1 aliphatic heterocycles. The molecule has 6 nitrogen and oxygen atoms in total. The molecule has 0 bridgehead atoms. The van der Waals surface area contributed by atoms with Crippen molar-refractivity contribution in [2.75, 3.05) is 24.2 Å². The van der Waals surface area contributed by atoms with E-state index in [0.717, 1.165) is 37.1 Å². The summed E-state index contributed by atoms with van der Waals surface area (Å²) in [5.74, 6) is 7.37. The Labute approximate surface area is 205 Å². The minimum atomic E-state index is -3.36. The lowest BCUT2D eigenvalue weighted by Gasteiger charge is -2.45. The molecule has 2 aromatic rings. The fourth-order valence-electron chi connectivity index (χ4n) is 4.18. The Kier molecular flexibility index (Phi) is 10.3. The molecule has 2 aromatic carbocycles. The highest BCUT2D eigenvalue weighted by molar-refractivity contribution is 7.92. The summed E-state index contributed by atoms with van der Waals surface area (Å²) in [4.78, 5) is 0. The topological polar surface area (TPSA) is 75.9 Å². The molecule has 1 unspecified atom stereocenters. The third-order valence-corrected chi connectivity index (χ3v) is 7.06. The third kappa shape index (κ3) is 6.29. The monoisotopic (exact) mass is 503 g/mol. The molecule has 3 rings (SSSR count). The predicted molar refractivity (Wildman–Crippen MR) is 137 cm³/mol. The first kappa shape index (κ1) is 28.5. The van der Waals surface area contributed by atoms with Gasteiger partial charge >= 0.3 is 0 Å². The van der Waals surface area contributed by atoms with E-state index in [4.69, 9.17) is 10.6 Å². The molecule has 32 heavy (non-hydrogen) atoms. The highest BCUT2D eigenvalue weighted by atomic mass is 35.5. The van der Waals surface area contributed by atoms with Crippen LogP contribution in [0.2, 0.25) is 0 Å². The molecule has 1 saturated heterocycles. The molecule has 2 N–H and O–H groups in total. The number of hydrazine groups is 1. The Morgan fingerprint density at radius 2 is 1.78 bits per heavy atom. The largest absolute Gasteiger partial charge is 0.491 e. The second-order valence-electron chi connectivity index (χ2n) is 8.41. The van der Waals surface area contributed by atoms with Gasteiger partial charge < -0.3 is 4.74 Å². The first-order valence-corrected chi connectivity index (χ1v) is 12.3. The van der Waals surface area contributed by atoms with Gasteiger partial charge in [-0.3, -0.25) is 10.1 Å². The van der Waals surface area contributed by atoms with E-state index in [1.165, 1.54) is 16.1 Å². The fraction of sp³-hybridized carbons (Fsp3) is 0.478. The number of benzene rings is 2. The standard InChI is InChI=1S/C23H33N3O3S.2ClH/c1-18(2)29-22-13-12-21(25(3)30(4,27)28)16-19(22)17-23(14-8-9-15-26(23)24)20-10-6-5-7-11-20;;/h5-7,10-13,16,18H,8-9,14-15,17,24H2,1-4H3;2*1H. The van der Waals surface area contributed by atoms with E-state index in [9.17, 15) is 8.42 Å². The van der Waals surface area contributed by atoms with Crippen LogP contribution in [0.25, 0.3) is 0 Å². The van der Waals surface area contributed by atoms with E-state index in [-0.39, 0.29) is 36.5 Å². The van der Waals surface area contributed by atoms with Crippen LogP contribution in [0.4, 0.5) is 5.69 Å². The Morgan fingerprint density at radius 3 is 2.34 bits per heavy atom. The van der Waals surface area contributed by atoms with Crippen molar-refractivity contribution in [1.82, 2.24) is 5.01 Å². The Balaban J connectivity index is 0.00000256. The molecule has 0 saturated carbocycles. The maximum absolute atomic E-state index is 12.1. The van der Waals surface area contributed by atoms with Gasteiger partial charge in [0.1, 0.15) is 5.75 Å². The molecule has 180 valence electrons. The zero-order valence-corrected chi connectivity index (χ0v) is 21.6. The van der Waals surface area contributed by atoms with E-state index >= 15 is 0 Å². The van der Waals surface area contributed by atoms with Gasteiger partial charge in [-0.15, -0.1) is 24.8 Å². The maximum atomic E-state index is 12.1. The number of nitrogens with two attached hydrogens (primary N) is 1. The number of ether oxygens (including phenoxy) is 1. The molecular weight excluding hydrogens is 469 g/mol. The molecule has 1 aliphatic rings. The van der Waals surface area contributed by atoms with Gasteiger partial charge in [0.2, 0.25) is 10.0 Å². The van der Waals surface area contributed by atoms with Crippen molar-refractivity contribution in [2.45, 2.75) is 51.2 Å². The van der Waals surface area contributed by atoms with Gasteiger partial charge in [-0.2, -0.15) is 0 Å². The lowest BCUT2D eigenvalue weighted by molar-refractivity contribution is 0.0417. The van der Waals surface area contributed by atoms with Gasteiger partial charge in [0.15, 0.2) is 0 Å². The molecule has 0 aromatic heterocycles. The van der Waals surface area contributed by atoms with Crippen LogP contribution in [0, 0.1) is 0 Å². The van der Waals surface area contributed by atoms with Crippen molar-refractivity contribution < 1.29 is 13.2 Å². The summed E-state index contributed by atoms with van der Waals surface area (Å²) in [6.45, 7) is 4.80. The molecule has 9 heteroatoms. The average molecular weight is 505 g/mol. The summed E-state index contributed by atoms with van der Waals surface area (Å²) in [5.41, 5.74) is 2.38. The van der Waals surface area contributed by atoms with Gasteiger partial charge in [-0.05, 0) is 68.9 Å². The van der Waals surface area contributed by atoms with Crippen LogP contribution >= 0.6 is 24.8 Å². The quantitative estimate of drug-likeness (QED) is 0.562. The smallest absolute Gasteiger partial charge is 0.231 e. The highest BCUT2D eigenvalue weighted by Crippen LogP contribution is 2.41. The number of piperidine rings is 1. The molecule has 1 fully saturated rings. The minimum absolute atomic E-state index is 0. The molecule has 1 atom stereocenters. The van der Waals surface area contributed by atoms with Crippen LogP contribution < -0.4 is 14.9 Å². The first-order chi connectivity index (χ1) is 14.1. The Hall–Kier alpha value is -1.51. The highest BCUT2D eigenvalue weighted by Gasteiger charge is 2.40. The van der Waals surface area contributed by atoms with Crippen molar-refractivity contribution in [3.8, 4) is 5.75 Å². The molecule has 1 heterocycles. The number of nitrogens with zero attached hydrogens (tertiary/aromatic N) is 2. The predicted octanol–water partition coefficient (Wildman–Crippen LogP) is 4.51. The molecular formula is C23H35Cl2N3O3S. The third-order valence-electron chi connectivity index (χ3n) is 5.85. The zero-order chi connectivity index (χ0) is 21.9. The number of hydrogen-bond donors (Lipinski definition) is 1. The first-order valence-electron chi connectivity index (χ1n) is 10.4. The fourth-order valence-corrected chi connectivity index (χ4v) is 4.68. The maximum Gasteiger partial charge on any atom is 0.231 e. The number of halogens is 2. The van der Waals surface area contributed by atoms with E-state index in [2.05, 4.69) is 12.1 Å². The van der Waals surface area contributed by atoms with Gasteiger partial charge in [-0.25, -0.2) is 13.4 Å². The van der Waals surface area contributed by atoms with Crippen molar-refractivity contribution in [3.63, 3.8) is 0 Å². The SMILES string of the molecule is CC(C)Oc1ccc(N(C)S(C)(=O)=O)cc1CC1(c2ccccc2)CCCCN1N.Cl.Cl.